The van der Waals surface area contributed by atoms with E-state index in [9.17, 15) is 0 Å². The smallest absolute Gasteiger partial charge is 0.385 e. The van der Waals surface area contributed by atoms with Crippen molar-refractivity contribution in [3.05, 3.63) is 0 Å². The summed E-state index contributed by atoms with van der Waals surface area (Å²) in [4.78, 5) is 0. The Labute approximate surface area is 107 Å². The summed E-state index contributed by atoms with van der Waals surface area (Å²) in [5.41, 5.74) is 0. The highest BCUT2D eigenvalue weighted by Gasteiger charge is 2.35. The zero-order chi connectivity index (χ0) is 12.1. The van der Waals surface area contributed by atoms with E-state index < -0.39 is 9.45 Å². The van der Waals surface area contributed by atoms with Crippen LogP contribution in [0.2, 0.25) is 0 Å². The first-order chi connectivity index (χ1) is 8.35. The average molecular weight is 257 g/mol. The Kier molecular flexibility index (Phi) is 5.47. The fourth-order valence-electron chi connectivity index (χ4n) is 3.36. The van der Waals surface area contributed by atoms with Crippen molar-refractivity contribution in [2.24, 2.45) is 11.8 Å². The molecule has 3 nitrogen and oxygen atoms in total. The van der Waals surface area contributed by atoms with Crippen LogP contribution in [0.1, 0.15) is 46.0 Å². The Morgan fingerprint density at radius 3 is 2.29 bits per heavy atom. The zero-order valence-electron chi connectivity index (χ0n) is 11.4. The summed E-state index contributed by atoms with van der Waals surface area (Å²) in [6.45, 7) is 8.18. The van der Waals surface area contributed by atoms with Crippen LogP contribution < -0.4 is 0 Å². The molecule has 0 aromatic rings. The van der Waals surface area contributed by atoms with Gasteiger partial charge in [-0.05, 0) is 51.6 Å². The van der Waals surface area contributed by atoms with Crippen LogP contribution in [0.4, 0.5) is 0 Å². The average Bonchev–Trinajstić information content (AvgIpc) is 2.38. The lowest BCUT2D eigenvalue weighted by atomic mass is 9.76. The van der Waals surface area contributed by atoms with E-state index in [0.29, 0.717) is 0 Å². The van der Waals surface area contributed by atoms with Crippen LogP contribution in [0.25, 0.3) is 0 Å². The van der Waals surface area contributed by atoms with E-state index in [-0.39, 0.29) is 0 Å². The molecule has 0 bridgehead atoms. The van der Waals surface area contributed by atoms with E-state index in [1.807, 2.05) is 0 Å². The van der Waals surface area contributed by atoms with Crippen molar-refractivity contribution in [2.45, 2.75) is 46.0 Å². The van der Waals surface area contributed by atoms with E-state index >= 15 is 0 Å². The van der Waals surface area contributed by atoms with Gasteiger partial charge >= 0.3 is 9.45 Å². The van der Waals surface area contributed by atoms with Gasteiger partial charge in [0.05, 0.1) is 0 Å². The number of nitrogens with zero attached hydrogens (tertiary/aromatic N) is 1. The first-order valence-electron chi connectivity index (χ1n) is 7.32. The molecule has 2 atom stereocenters. The second kappa shape index (κ2) is 6.88. The van der Waals surface area contributed by atoms with Gasteiger partial charge in [0.25, 0.3) is 0 Å². The highest BCUT2D eigenvalue weighted by molar-refractivity contribution is 6.41. The second-order valence-corrected chi connectivity index (χ2v) is 7.32. The number of rotatable bonds is 5. The van der Waals surface area contributed by atoms with E-state index in [1.165, 1.54) is 45.2 Å². The lowest BCUT2D eigenvalue weighted by Crippen LogP contribution is -2.52. The zero-order valence-corrected chi connectivity index (χ0v) is 12.5. The van der Waals surface area contributed by atoms with Gasteiger partial charge in [0, 0.05) is 13.2 Å². The van der Waals surface area contributed by atoms with Gasteiger partial charge in [0.2, 0.25) is 0 Å². The first-order valence-corrected chi connectivity index (χ1v) is 8.78. The van der Waals surface area contributed by atoms with Crippen LogP contribution in [-0.4, -0.2) is 40.3 Å². The molecule has 2 rings (SSSR count). The topological polar surface area (TPSA) is 21.7 Å². The van der Waals surface area contributed by atoms with E-state index in [0.717, 1.165) is 25.0 Å². The lowest BCUT2D eigenvalue weighted by molar-refractivity contribution is 0.0835. The summed E-state index contributed by atoms with van der Waals surface area (Å²) in [6, 6.07) is 0. The van der Waals surface area contributed by atoms with Crippen molar-refractivity contribution in [3.63, 3.8) is 0 Å². The molecule has 2 unspecified atom stereocenters. The fraction of sp³-hybridized carbons (Fsp3) is 1.00. The molecule has 1 saturated heterocycles. The molecular weight excluding hydrogens is 230 g/mol. The number of piperidine rings is 1. The van der Waals surface area contributed by atoms with Crippen molar-refractivity contribution in [1.82, 2.24) is 4.57 Å². The third-order valence-electron chi connectivity index (χ3n) is 4.24. The molecule has 1 aliphatic heterocycles. The molecule has 0 N–H and O–H groups in total. The van der Waals surface area contributed by atoms with Gasteiger partial charge in [-0.25, -0.2) is 0 Å². The minimum absolute atomic E-state index is 0.793. The Balaban J connectivity index is 1.88. The third kappa shape index (κ3) is 3.53. The number of hydrogen-bond acceptors (Lipinski definition) is 3. The minimum atomic E-state index is -1.55. The van der Waals surface area contributed by atoms with Crippen LogP contribution in [0.15, 0.2) is 0 Å². The summed E-state index contributed by atoms with van der Waals surface area (Å²) in [5.74, 6) is 1.92. The molecule has 2 aliphatic rings. The van der Waals surface area contributed by atoms with E-state index in [2.05, 4.69) is 18.4 Å². The largest absolute Gasteiger partial charge is 0.411 e. The van der Waals surface area contributed by atoms with Crippen LogP contribution in [-0.2, 0) is 8.85 Å². The summed E-state index contributed by atoms with van der Waals surface area (Å²) in [5, 5.41) is 0. The molecule has 2 fully saturated rings. The number of fused-ring (bicyclic) bond motifs is 1. The standard InChI is InChI=1S/C13H27NO2Si/c1-3-15-17(16-4-2)14-10-9-12-7-5-6-8-13(12)11-14/h12-13,17H,3-11H2,1-2H3. The molecule has 1 aliphatic carbocycles. The van der Waals surface area contributed by atoms with Crippen LogP contribution in [0, 0.1) is 11.8 Å². The Morgan fingerprint density at radius 1 is 1.00 bits per heavy atom. The maximum atomic E-state index is 5.84. The summed E-state index contributed by atoms with van der Waals surface area (Å²) >= 11 is 0. The number of hydrogen-bond donors (Lipinski definition) is 0. The maximum absolute atomic E-state index is 5.84. The van der Waals surface area contributed by atoms with E-state index in [4.69, 9.17) is 8.85 Å². The second-order valence-electron chi connectivity index (χ2n) is 5.31. The summed E-state index contributed by atoms with van der Waals surface area (Å²) < 4.78 is 14.2. The molecule has 4 heteroatoms. The minimum Gasteiger partial charge on any atom is -0.385 e. The van der Waals surface area contributed by atoms with Crippen LogP contribution in [0.5, 0.6) is 0 Å². The molecule has 0 aromatic carbocycles. The van der Waals surface area contributed by atoms with Crippen LogP contribution >= 0.6 is 0 Å². The van der Waals surface area contributed by atoms with Gasteiger partial charge in [-0.1, -0.05) is 19.3 Å². The normalized spacial score (nSPS) is 30.5. The predicted molar refractivity (Wildman–Crippen MR) is 72.0 cm³/mol. The van der Waals surface area contributed by atoms with Crippen molar-refractivity contribution < 1.29 is 8.85 Å². The van der Waals surface area contributed by atoms with Crippen molar-refractivity contribution in [2.75, 3.05) is 26.3 Å². The highest BCUT2D eigenvalue weighted by Crippen LogP contribution is 2.36. The van der Waals surface area contributed by atoms with Gasteiger partial charge in [0.1, 0.15) is 0 Å². The van der Waals surface area contributed by atoms with Crippen LogP contribution in [0.3, 0.4) is 0 Å². The molecule has 0 radical (unpaired) electrons. The molecule has 0 aromatic heterocycles. The monoisotopic (exact) mass is 257 g/mol. The summed E-state index contributed by atoms with van der Waals surface area (Å²) in [7, 11) is -1.55. The first kappa shape index (κ1) is 13.5. The predicted octanol–water partition coefficient (Wildman–Crippen LogP) is 2.29. The Bertz CT molecular complexity index is 221. The lowest BCUT2D eigenvalue weighted by Gasteiger charge is -2.43. The molecule has 17 heavy (non-hydrogen) atoms. The molecule has 1 heterocycles. The molecule has 100 valence electrons. The van der Waals surface area contributed by atoms with Crippen molar-refractivity contribution in [1.29, 1.82) is 0 Å². The molecule has 0 amide bonds. The van der Waals surface area contributed by atoms with Gasteiger partial charge < -0.3 is 8.85 Å². The fourth-order valence-corrected chi connectivity index (χ4v) is 5.26. The molecule has 0 spiro atoms. The van der Waals surface area contributed by atoms with Gasteiger partial charge in [0.15, 0.2) is 0 Å². The SMILES string of the molecule is CCO[SiH](OCC)N1CCC2CCCCC2C1. The quantitative estimate of drug-likeness (QED) is 0.705. The third-order valence-corrected chi connectivity index (χ3v) is 6.54. The Morgan fingerprint density at radius 2 is 1.65 bits per heavy atom. The Hall–Kier alpha value is 0.0969. The van der Waals surface area contributed by atoms with Crippen molar-refractivity contribution in [3.8, 4) is 0 Å². The van der Waals surface area contributed by atoms with Gasteiger partial charge in [-0.15, -0.1) is 0 Å². The van der Waals surface area contributed by atoms with E-state index in [1.54, 1.807) is 0 Å². The van der Waals surface area contributed by atoms with Gasteiger partial charge in [-0.2, -0.15) is 0 Å². The van der Waals surface area contributed by atoms with Crippen molar-refractivity contribution >= 4 is 9.45 Å². The molecular formula is C13H27NO2Si. The molecule has 1 saturated carbocycles. The highest BCUT2D eigenvalue weighted by atomic mass is 28.3. The summed E-state index contributed by atoms with van der Waals surface area (Å²) in [6.07, 6.45) is 7.16. The van der Waals surface area contributed by atoms with Gasteiger partial charge in [-0.3, -0.25) is 4.57 Å². The maximum Gasteiger partial charge on any atom is 0.411 e.